The molecular weight excluding hydrogens is 230 g/mol. The van der Waals surface area contributed by atoms with E-state index in [0.29, 0.717) is 15.9 Å². The van der Waals surface area contributed by atoms with Crippen LogP contribution in [0.2, 0.25) is 5.02 Å². The van der Waals surface area contributed by atoms with Crippen LogP contribution in [0.5, 0.6) is 0 Å². The minimum atomic E-state index is 0.561. The van der Waals surface area contributed by atoms with Gasteiger partial charge in [-0.3, -0.25) is 0 Å². The molecule has 0 aliphatic carbocycles. The molecule has 0 aliphatic rings. The highest BCUT2D eigenvalue weighted by Crippen LogP contribution is 2.26. The number of aromatic nitrogens is 2. The Bertz CT molecular complexity index is 458. The number of nitrogens with two attached hydrogens (primary N) is 1. The Morgan fingerprint density at radius 1 is 1.20 bits per heavy atom. The van der Waals surface area contributed by atoms with Gasteiger partial charge in [0.25, 0.3) is 0 Å². The summed E-state index contributed by atoms with van der Waals surface area (Å²) in [4.78, 5) is 9.18. The molecule has 1 aromatic heterocycles. The fourth-order valence-electron chi connectivity index (χ4n) is 1.01. The average molecular weight is 238 g/mol. The fraction of sp³-hybridized carbons (Fsp3) is 0. The van der Waals surface area contributed by atoms with Crippen LogP contribution in [0.25, 0.3) is 0 Å². The van der Waals surface area contributed by atoms with Gasteiger partial charge in [0.15, 0.2) is 5.16 Å². The second-order valence-electron chi connectivity index (χ2n) is 2.86. The van der Waals surface area contributed by atoms with Gasteiger partial charge in [0.05, 0.1) is 18.1 Å². The van der Waals surface area contributed by atoms with Gasteiger partial charge >= 0.3 is 0 Å². The standard InChI is InChI=1S/C10H8ClN3S/c11-7-2-1-3-9(4-7)15-10-13-5-8(12)6-14-10/h1-6H,12H2. The van der Waals surface area contributed by atoms with Crippen LogP contribution in [0.4, 0.5) is 5.69 Å². The third kappa shape index (κ3) is 2.84. The van der Waals surface area contributed by atoms with Gasteiger partial charge in [0, 0.05) is 9.92 Å². The molecule has 0 unspecified atom stereocenters. The summed E-state index contributed by atoms with van der Waals surface area (Å²) in [6.45, 7) is 0. The SMILES string of the molecule is Nc1cnc(Sc2cccc(Cl)c2)nc1. The summed E-state index contributed by atoms with van der Waals surface area (Å²) < 4.78 is 0. The molecule has 0 fully saturated rings. The number of rotatable bonds is 2. The summed E-state index contributed by atoms with van der Waals surface area (Å²) in [5.74, 6) is 0. The average Bonchev–Trinajstić information content (AvgIpc) is 2.22. The first-order valence-corrected chi connectivity index (χ1v) is 5.44. The number of hydrogen-bond donors (Lipinski definition) is 1. The zero-order chi connectivity index (χ0) is 10.7. The number of nitrogen functional groups attached to an aromatic ring is 1. The Morgan fingerprint density at radius 3 is 2.60 bits per heavy atom. The van der Waals surface area contributed by atoms with E-state index in [1.54, 1.807) is 12.4 Å². The molecule has 5 heteroatoms. The molecule has 0 saturated carbocycles. The van der Waals surface area contributed by atoms with Crippen molar-refractivity contribution in [3.05, 3.63) is 41.7 Å². The highest BCUT2D eigenvalue weighted by Gasteiger charge is 2.00. The number of anilines is 1. The molecule has 1 heterocycles. The molecule has 0 aliphatic heterocycles. The molecule has 0 saturated heterocycles. The van der Waals surface area contributed by atoms with E-state index in [0.717, 1.165) is 4.90 Å². The summed E-state index contributed by atoms with van der Waals surface area (Å²) >= 11 is 7.31. The molecule has 76 valence electrons. The van der Waals surface area contributed by atoms with E-state index in [4.69, 9.17) is 17.3 Å². The van der Waals surface area contributed by atoms with Crippen LogP contribution in [-0.4, -0.2) is 9.97 Å². The minimum absolute atomic E-state index is 0.561. The van der Waals surface area contributed by atoms with Crippen LogP contribution in [-0.2, 0) is 0 Å². The van der Waals surface area contributed by atoms with Crippen molar-refractivity contribution in [1.29, 1.82) is 0 Å². The second kappa shape index (κ2) is 4.51. The lowest BCUT2D eigenvalue weighted by atomic mass is 10.4. The molecule has 2 rings (SSSR count). The number of nitrogens with zero attached hydrogens (tertiary/aromatic N) is 2. The van der Waals surface area contributed by atoms with E-state index in [-0.39, 0.29) is 0 Å². The van der Waals surface area contributed by atoms with Gasteiger partial charge in [-0.2, -0.15) is 0 Å². The molecule has 0 radical (unpaired) electrons. The van der Waals surface area contributed by atoms with Crippen molar-refractivity contribution in [2.24, 2.45) is 0 Å². The molecule has 0 atom stereocenters. The molecule has 2 N–H and O–H groups in total. The third-order valence-corrected chi connectivity index (χ3v) is 2.77. The lowest BCUT2D eigenvalue weighted by Crippen LogP contribution is -1.90. The van der Waals surface area contributed by atoms with Gasteiger partial charge in [-0.05, 0) is 30.0 Å². The zero-order valence-corrected chi connectivity index (χ0v) is 9.29. The van der Waals surface area contributed by atoms with Crippen LogP contribution in [0, 0.1) is 0 Å². The smallest absolute Gasteiger partial charge is 0.192 e. The van der Waals surface area contributed by atoms with Gasteiger partial charge in [-0.1, -0.05) is 17.7 Å². The van der Waals surface area contributed by atoms with Crippen molar-refractivity contribution < 1.29 is 0 Å². The summed E-state index contributed by atoms with van der Waals surface area (Å²) in [5.41, 5.74) is 6.05. The van der Waals surface area contributed by atoms with Crippen molar-refractivity contribution in [2.45, 2.75) is 10.1 Å². The van der Waals surface area contributed by atoms with Crippen LogP contribution in [0.3, 0.4) is 0 Å². The molecule has 0 spiro atoms. The first-order valence-electron chi connectivity index (χ1n) is 4.25. The quantitative estimate of drug-likeness (QED) is 0.816. The summed E-state index contributed by atoms with van der Waals surface area (Å²) in [6, 6.07) is 7.54. The van der Waals surface area contributed by atoms with Gasteiger partial charge in [0.1, 0.15) is 0 Å². The van der Waals surface area contributed by atoms with Crippen LogP contribution in [0.1, 0.15) is 0 Å². The van der Waals surface area contributed by atoms with E-state index >= 15 is 0 Å². The maximum Gasteiger partial charge on any atom is 0.192 e. The van der Waals surface area contributed by atoms with E-state index < -0.39 is 0 Å². The van der Waals surface area contributed by atoms with Crippen molar-refractivity contribution in [1.82, 2.24) is 9.97 Å². The lowest BCUT2D eigenvalue weighted by molar-refractivity contribution is 0.971. The van der Waals surface area contributed by atoms with Crippen molar-refractivity contribution in [3.8, 4) is 0 Å². The Hall–Kier alpha value is -1.26. The molecule has 2 aromatic rings. The Kier molecular flexibility index (Phi) is 3.08. The predicted octanol–water partition coefficient (Wildman–Crippen LogP) is 2.86. The van der Waals surface area contributed by atoms with Gasteiger partial charge in [0.2, 0.25) is 0 Å². The monoisotopic (exact) mass is 237 g/mol. The fourth-order valence-corrected chi connectivity index (χ4v) is 2.02. The second-order valence-corrected chi connectivity index (χ2v) is 4.34. The van der Waals surface area contributed by atoms with Crippen LogP contribution < -0.4 is 5.73 Å². The zero-order valence-electron chi connectivity index (χ0n) is 7.72. The molecule has 1 aromatic carbocycles. The maximum absolute atomic E-state index is 5.86. The van der Waals surface area contributed by atoms with Crippen molar-refractivity contribution >= 4 is 29.1 Å². The molecule has 3 nitrogen and oxygen atoms in total. The Balaban J connectivity index is 2.18. The van der Waals surface area contributed by atoms with Gasteiger partial charge in [-0.15, -0.1) is 0 Å². The highest BCUT2D eigenvalue weighted by atomic mass is 35.5. The van der Waals surface area contributed by atoms with E-state index in [1.807, 2.05) is 24.3 Å². The predicted molar refractivity (Wildman–Crippen MR) is 62.0 cm³/mol. The lowest BCUT2D eigenvalue weighted by Gasteiger charge is -2.00. The number of benzene rings is 1. The first kappa shape index (κ1) is 10.3. The Morgan fingerprint density at radius 2 is 1.93 bits per heavy atom. The topological polar surface area (TPSA) is 51.8 Å². The molecular formula is C10H8ClN3S. The van der Waals surface area contributed by atoms with E-state index in [9.17, 15) is 0 Å². The van der Waals surface area contributed by atoms with Crippen molar-refractivity contribution in [3.63, 3.8) is 0 Å². The number of halogens is 1. The number of hydrogen-bond acceptors (Lipinski definition) is 4. The van der Waals surface area contributed by atoms with Gasteiger partial charge < -0.3 is 5.73 Å². The van der Waals surface area contributed by atoms with Crippen LogP contribution >= 0.6 is 23.4 Å². The van der Waals surface area contributed by atoms with Crippen molar-refractivity contribution in [2.75, 3.05) is 5.73 Å². The third-order valence-electron chi connectivity index (χ3n) is 1.65. The highest BCUT2D eigenvalue weighted by molar-refractivity contribution is 7.99. The molecule has 0 bridgehead atoms. The summed E-state index contributed by atoms with van der Waals surface area (Å²) in [6.07, 6.45) is 3.17. The Labute approximate surface area is 96.7 Å². The maximum atomic E-state index is 5.86. The first-order chi connectivity index (χ1) is 7.24. The van der Waals surface area contributed by atoms with E-state index in [1.165, 1.54) is 11.8 Å². The summed E-state index contributed by atoms with van der Waals surface area (Å²) in [7, 11) is 0. The minimum Gasteiger partial charge on any atom is -0.396 e. The largest absolute Gasteiger partial charge is 0.396 e. The van der Waals surface area contributed by atoms with E-state index in [2.05, 4.69) is 9.97 Å². The molecule has 15 heavy (non-hydrogen) atoms. The normalized spacial score (nSPS) is 10.2. The molecule has 0 amide bonds. The summed E-state index contributed by atoms with van der Waals surface area (Å²) in [5, 5.41) is 1.36. The van der Waals surface area contributed by atoms with Crippen LogP contribution in [0.15, 0.2) is 46.7 Å². The van der Waals surface area contributed by atoms with Gasteiger partial charge in [-0.25, -0.2) is 9.97 Å².